The highest BCUT2D eigenvalue weighted by Gasteiger charge is 2.27. The number of carbonyl (C=O) groups excluding carboxylic acids is 1. The largest absolute Gasteiger partial charge is 0.485 e. The van der Waals surface area contributed by atoms with Crippen molar-refractivity contribution in [2.75, 3.05) is 11.9 Å². The number of amides is 1. The van der Waals surface area contributed by atoms with Gasteiger partial charge < -0.3 is 19.2 Å². The lowest BCUT2D eigenvalue weighted by Crippen LogP contribution is -2.21. The van der Waals surface area contributed by atoms with Crippen molar-refractivity contribution >= 4 is 34.7 Å². The fraction of sp³-hybridized carbons (Fsp3) is 0.182. The first-order valence-corrected chi connectivity index (χ1v) is 11.7. The van der Waals surface area contributed by atoms with E-state index in [1.165, 1.54) is 23.1 Å². The van der Waals surface area contributed by atoms with Crippen molar-refractivity contribution in [3.05, 3.63) is 76.6 Å². The Balaban J connectivity index is 1.13. The number of rotatable bonds is 7. The third kappa shape index (κ3) is 4.92. The molecular formula is C22H18N4O4S2. The lowest BCUT2D eigenvalue weighted by Gasteiger charge is -2.23. The molecule has 32 heavy (non-hydrogen) atoms. The van der Waals surface area contributed by atoms with Crippen LogP contribution in [0.1, 0.15) is 22.7 Å². The number of aromatic nitrogens is 3. The quantitative estimate of drug-likeness (QED) is 0.397. The highest BCUT2D eigenvalue weighted by Crippen LogP contribution is 2.36. The Morgan fingerprint density at radius 1 is 1.09 bits per heavy atom. The van der Waals surface area contributed by atoms with Gasteiger partial charge >= 0.3 is 0 Å². The zero-order valence-electron chi connectivity index (χ0n) is 16.8. The standard InChI is InChI=1S/C22H18N4O4S2/c27-19(23-14-6-2-1-3-7-14)10-20-24-15(12-31-20)13-32-22-26-25-21(30-22)18-11-28-16-8-4-5-9-17(16)29-18/h1-9,12,18H,10-11,13H2,(H,23,27). The summed E-state index contributed by atoms with van der Waals surface area (Å²) in [6, 6.07) is 16.8. The molecule has 0 spiro atoms. The van der Waals surface area contributed by atoms with Crippen LogP contribution in [0.2, 0.25) is 0 Å². The SMILES string of the molecule is O=C(Cc1nc(CSc2nnc(C3COc4ccccc4O3)o2)cs1)Nc1ccccc1. The number of thioether (sulfide) groups is 1. The van der Waals surface area contributed by atoms with Crippen molar-refractivity contribution in [3.8, 4) is 11.5 Å². The molecule has 8 nitrogen and oxygen atoms in total. The van der Waals surface area contributed by atoms with Gasteiger partial charge in [-0.05, 0) is 24.3 Å². The molecule has 1 aliphatic rings. The predicted octanol–water partition coefficient (Wildman–Crippen LogP) is 4.51. The van der Waals surface area contributed by atoms with Gasteiger partial charge in [-0.3, -0.25) is 4.79 Å². The van der Waals surface area contributed by atoms with Crippen LogP contribution in [0, 0.1) is 0 Å². The van der Waals surface area contributed by atoms with Gasteiger partial charge in [0.2, 0.25) is 12.0 Å². The molecule has 162 valence electrons. The number of ether oxygens (including phenoxy) is 2. The van der Waals surface area contributed by atoms with Gasteiger partial charge in [0, 0.05) is 16.8 Å². The molecule has 0 bridgehead atoms. The van der Waals surface area contributed by atoms with Gasteiger partial charge in [0.15, 0.2) is 11.5 Å². The average Bonchev–Trinajstić information content (AvgIpc) is 3.47. The van der Waals surface area contributed by atoms with Crippen molar-refractivity contribution in [1.82, 2.24) is 15.2 Å². The Hall–Kier alpha value is -3.37. The molecule has 0 aliphatic carbocycles. The summed E-state index contributed by atoms with van der Waals surface area (Å²) in [5.41, 5.74) is 1.63. The zero-order chi connectivity index (χ0) is 21.8. The molecule has 1 atom stereocenters. The maximum Gasteiger partial charge on any atom is 0.277 e. The number of nitrogens with one attached hydrogen (secondary N) is 1. The van der Waals surface area contributed by atoms with E-state index in [0.29, 0.717) is 35.0 Å². The van der Waals surface area contributed by atoms with Gasteiger partial charge in [-0.15, -0.1) is 21.5 Å². The summed E-state index contributed by atoms with van der Waals surface area (Å²) in [4.78, 5) is 16.7. The van der Waals surface area contributed by atoms with E-state index < -0.39 is 6.10 Å². The number of anilines is 1. The van der Waals surface area contributed by atoms with Crippen LogP contribution in [0.15, 0.2) is 69.6 Å². The number of hydrogen-bond acceptors (Lipinski definition) is 9. The lowest BCUT2D eigenvalue weighted by atomic mass is 10.2. The first-order valence-electron chi connectivity index (χ1n) is 9.86. The molecule has 0 saturated carbocycles. The van der Waals surface area contributed by atoms with E-state index in [4.69, 9.17) is 13.9 Å². The van der Waals surface area contributed by atoms with Crippen LogP contribution in [-0.4, -0.2) is 27.7 Å². The molecule has 1 aliphatic heterocycles. The normalized spacial score (nSPS) is 14.8. The number of hydrogen-bond donors (Lipinski definition) is 1. The highest BCUT2D eigenvalue weighted by molar-refractivity contribution is 7.98. The van der Waals surface area contributed by atoms with Crippen LogP contribution in [0.3, 0.4) is 0 Å². The van der Waals surface area contributed by atoms with Gasteiger partial charge in [0.05, 0.1) is 12.1 Å². The van der Waals surface area contributed by atoms with E-state index in [1.54, 1.807) is 0 Å². The van der Waals surface area contributed by atoms with Gasteiger partial charge in [-0.25, -0.2) is 4.98 Å². The minimum atomic E-state index is -0.444. The number of nitrogens with zero attached hydrogens (tertiary/aromatic N) is 3. The Kier molecular flexibility index (Phi) is 6.04. The van der Waals surface area contributed by atoms with E-state index in [2.05, 4.69) is 20.5 Å². The van der Waals surface area contributed by atoms with E-state index in [1.807, 2.05) is 60.0 Å². The van der Waals surface area contributed by atoms with Gasteiger partial charge in [0.1, 0.15) is 11.6 Å². The molecule has 0 saturated heterocycles. The topological polar surface area (TPSA) is 99.4 Å². The van der Waals surface area contributed by atoms with Crippen molar-refractivity contribution in [2.24, 2.45) is 0 Å². The molecule has 1 unspecified atom stereocenters. The van der Waals surface area contributed by atoms with Crippen molar-refractivity contribution in [1.29, 1.82) is 0 Å². The Morgan fingerprint density at radius 2 is 1.91 bits per heavy atom. The van der Waals surface area contributed by atoms with E-state index in [0.717, 1.165) is 16.4 Å². The lowest BCUT2D eigenvalue weighted by molar-refractivity contribution is -0.115. The van der Waals surface area contributed by atoms with Crippen LogP contribution >= 0.6 is 23.1 Å². The maximum atomic E-state index is 12.2. The van der Waals surface area contributed by atoms with Gasteiger partial charge in [0.25, 0.3) is 11.1 Å². The summed E-state index contributed by atoms with van der Waals surface area (Å²) in [6.45, 7) is 0.309. The van der Waals surface area contributed by atoms with Crippen LogP contribution in [0.4, 0.5) is 5.69 Å². The molecule has 0 fully saturated rings. The molecule has 3 heterocycles. The van der Waals surface area contributed by atoms with Crippen molar-refractivity contribution in [2.45, 2.75) is 23.5 Å². The smallest absolute Gasteiger partial charge is 0.277 e. The second kappa shape index (κ2) is 9.41. The minimum Gasteiger partial charge on any atom is -0.485 e. The van der Waals surface area contributed by atoms with Gasteiger partial charge in [-0.1, -0.05) is 42.1 Å². The number of benzene rings is 2. The van der Waals surface area contributed by atoms with Crippen LogP contribution in [-0.2, 0) is 17.0 Å². The van der Waals surface area contributed by atoms with E-state index in [-0.39, 0.29) is 12.3 Å². The summed E-state index contributed by atoms with van der Waals surface area (Å²) < 4.78 is 17.3. The number of para-hydroxylation sites is 3. The zero-order valence-corrected chi connectivity index (χ0v) is 18.4. The fourth-order valence-corrected chi connectivity index (χ4v) is 4.61. The molecule has 1 N–H and O–H groups in total. The van der Waals surface area contributed by atoms with Crippen LogP contribution in [0.25, 0.3) is 0 Å². The van der Waals surface area contributed by atoms with E-state index >= 15 is 0 Å². The average molecular weight is 467 g/mol. The first-order chi connectivity index (χ1) is 15.7. The molecule has 0 radical (unpaired) electrons. The molecule has 2 aromatic carbocycles. The number of thiazole rings is 1. The second-order valence-electron chi connectivity index (χ2n) is 6.88. The molecule has 5 rings (SSSR count). The first kappa shape index (κ1) is 20.5. The third-order valence-corrected chi connectivity index (χ3v) is 6.27. The third-order valence-electron chi connectivity index (χ3n) is 4.52. The summed E-state index contributed by atoms with van der Waals surface area (Å²) in [5, 5.41) is 14.2. The van der Waals surface area contributed by atoms with Crippen LogP contribution in [0.5, 0.6) is 11.5 Å². The van der Waals surface area contributed by atoms with Gasteiger partial charge in [-0.2, -0.15) is 0 Å². The number of carbonyl (C=O) groups is 1. The minimum absolute atomic E-state index is 0.0948. The summed E-state index contributed by atoms with van der Waals surface area (Å²) in [5.74, 6) is 2.20. The number of fused-ring (bicyclic) bond motifs is 1. The molecular weight excluding hydrogens is 448 g/mol. The Morgan fingerprint density at radius 3 is 2.78 bits per heavy atom. The molecule has 2 aromatic heterocycles. The molecule has 4 aromatic rings. The molecule has 1 amide bonds. The monoisotopic (exact) mass is 466 g/mol. The maximum absolute atomic E-state index is 12.2. The fourth-order valence-electron chi connectivity index (χ4n) is 3.05. The Bertz CT molecular complexity index is 1210. The van der Waals surface area contributed by atoms with Crippen LogP contribution < -0.4 is 14.8 Å². The summed E-state index contributed by atoms with van der Waals surface area (Å²) in [7, 11) is 0. The molecule has 10 heteroatoms. The summed E-state index contributed by atoms with van der Waals surface area (Å²) >= 11 is 2.84. The van der Waals surface area contributed by atoms with Crippen molar-refractivity contribution in [3.63, 3.8) is 0 Å². The Labute approximate surface area is 192 Å². The predicted molar refractivity (Wildman–Crippen MR) is 120 cm³/mol. The van der Waals surface area contributed by atoms with Crippen molar-refractivity contribution < 1.29 is 18.7 Å². The second-order valence-corrected chi connectivity index (χ2v) is 8.75. The highest BCUT2D eigenvalue weighted by atomic mass is 32.2. The van der Waals surface area contributed by atoms with E-state index in [9.17, 15) is 4.79 Å². The summed E-state index contributed by atoms with van der Waals surface area (Å²) in [6.07, 6.45) is -0.212.